The smallest absolute Gasteiger partial charge is 0.374 e. The Morgan fingerprint density at radius 1 is 1.31 bits per heavy atom. The van der Waals surface area contributed by atoms with E-state index in [9.17, 15) is 9.59 Å². The van der Waals surface area contributed by atoms with E-state index < -0.39 is 17.2 Å². The predicted molar refractivity (Wildman–Crippen MR) is 50.3 cm³/mol. The van der Waals surface area contributed by atoms with E-state index in [1.807, 2.05) is 0 Å². The summed E-state index contributed by atoms with van der Waals surface area (Å²) in [6.45, 7) is 5.61. The topological polar surface area (TPSA) is 43.4 Å². The molecule has 0 aliphatic heterocycles. The Bertz CT molecular complexity index is 194. The van der Waals surface area contributed by atoms with Gasteiger partial charge >= 0.3 is 5.97 Å². The summed E-state index contributed by atoms with van der Waals surface area (Å²) >= 11 is 0. The average Bonchev–Trinajstić information content (AvgIpc) is 2.12. The summed E-state index contributed by atoms with van der Waals surface area (Å²) in [4.78, 5) is 22.4. The van der Waals surface area contributed by atoms with E-state index in [4.69, 9.17) is 0 Å². The predicted octanol–water partition coefficient (Wildman–Crippen LogP) is 1.94. The van der Waals surface area contributed by atoms with Gasteiger partial charge in [-0.15, -0.1) is 0 Å². The number of methoxy groups -OCH3 is 1. The van der Waals surface area contributed by atoms with Gasteiger partial charge in [0.15, 0.2) is 0 Å². The third-order valence-electron chi connectivity index (χ3n) is 2.14. The zero-order valence-electron chi connectivity index (χ0n) is 8.85. The van der Waals surface area contributed by atoms with Crippen molar-refractivity contribution in [2.75, 3.05) is 7.11 Å². The lowest BCUT2D eigenvalue weighted by molar-refractivity contribution is -0.155. The first kappa shape index (κ1) is 12.1. The van der Waals surface area contributed by atoms with Crippen LogP contribution in [0.25, 0.3) is 0 Å². The molecule has 0 saturated carbocycles. The van der Waals surface area contributed by atoms with Crippen molar-refractivity contribution in [3.05, 3.63) is 0 Å². The molecule has 0 aromatic carbocycles. The lowest BCUT2D eigenvalue weighted by Crippen LogP contribution is -2.32. The van der Waals surface area contributed by atoms with Crippen LogP contribution >= 0.6 is 0 Å². The number of hydrogen-bond acceptors (Lipinski definition) is 3. The Morgan fingerprint density at radius 3 is 2.23 bits per heavy atom. The van der Waals surface area contributed by atoms with Gasteiger partial charge in [0.1, 0.15) is 0 Å². The van der Waals surface area contributed by atoms with Crippen LogP contribution in [0.3, 0.4) is 0 Å². The van der Waals surface area contributed by atoms with Crippen molar-refractivity contribution < 1.29 is 14.3 Å². The van der Waals surface area contributed by atoms with Crippen LogP contribution in [0.1, 0.15) is 40.0 Å². The van der Waals surface area contributed by atoms with Gasteiger partial charge in [-0.25, -0.2) is 4.79 Å². The van der Waals surface area contributed by atoms with Gasteiger partial charge in [0.05, 0.1) is 7.11 Å². The summed E-state index contributed by atoms with van der Waals surface area (Å²) < 4.78 is 4.39. The molecule has 0 aromatic rings. The van der Waals surface area contributed by atoms with Crippen LogP contribution in [0.4, 0.5) is 0 Å². The van der Waals surface area contributed by atoms with Gasteiger partial charge in [0.2, 0.25) is 5.78 Å². The lowest BCUT2D eigenvalue weighted by Gasteiger charge is -2.20. The third-order valence-corrected chi connectivity index (χ3v) is 2.14. The van der Waals surface area contributed by atoms with Gasteiger partial charge < -0.3 is 4.74 Å². The summed E-state index contributed by atoms with van der Waals surface area (Å²) in [5.41, 5.74) is -0.580. The maximum atomic E-state index is 11.4. The van der Waals surface area contributed by atoms with Crippen molar-refractivity contribution in [3.63, 3.8) is 0 Å². The number of rotatable bonds is 5. The van der Waals surface area contributed by atoms with Crippen LogP contribution in [0.5, 0.6) is 0 Å². The average molecular weight is 186 g/mol. The normalized spacial score (nSPS) is 11.1. The molecule has 0 N–H and O–H groups in total. The van der Waals surface area contributed by atoms with Crippen LogP contribution < -0.4 is 0 Å². The monoisotopic (exact) mass is 186 g/mol. The highest BCUT2D eigenvalue weighted by molar-refractivity contribution is 6.35. The van der Waals surface area contributed by atoms with E-state index in [-0.39, 0.29) is 0 Å². The van der Waals surface area contributed by atoms with Crippen molar-refractivity contribution in [1.82, 2.24) is 0 Å². The Hall–Kier alpha value is -0.860. The van der Waals surface area contributed by atoms with Crippen molar-refractivity contribution in [2.24, 2.45) is 5.41 Å². The molecule has 0 aromatic heterocycles. The summed E-state index contributed by atoms with van der Waals surface area (Å²) in [6, 6.07) is 0. The van der Waals surface area contributed by atoms with E-state index >= 15 is 0 Å². The molecule has 3 heteroatoms. The van der Waals surface area contributed by atoms with Gasteiger partial charge in [0, 0.05) is 5.41 Å². The first-order valence-corrected chi connectivity index (χ1v) is 4.58. The molecule has 0 rings (SSSR count). The molecule has 0 heterocycles. The minimum absolute atomic E-state index is 0.427. The number of ketones is 1. The van der Waals surface area contributed by atoms with Crippen LogP contribution in [0, 0.1) is 5.41 Å². The molecule has 0 spiro atoms. The second-order valence-electron chi connectivity index (χ2n) is 3.81. The first-order valence-electron chi connectivity index (χ1n) is 4.58. The minimum Gasteiger partial charge on any atom is -0.463 e. The fourth-order valence-electron chi connectivity index (χ4n) is 1.10. The molecular formula is C10H18O3. The van der Waals surface area contributed by atoms with E-state index in [2.05, 4.69) is 11.7 Å². The molecule has 0 aliphatic rings. The van der Waals surface area contributed by atoms with Crippen LogP contribution in [0.2, 0.25) is 0 Å². The van der Waals surface area contributed by atoms with Crippen LogP contribution in [-0.4, -0.2) is 18.9 Å². The highest BCUT2D eigenvalue weighted by Crippen LogP contribution is 2.24. The molecule has 0 radical (unpaired) electrons. The van der Waals surface area contributed by atoms with Gasteiger partial charge in [-0.3, -0.25) is 4.79 Å². The standard InChI is InChI=1S/C10H18O3/c1-5-6-7-10(2,3)8(11)9(12)13-4/h5-7H2,1-4H3. The SMILES string of the molecule is CCCCC(C)(C)C(=O)C(=O)OC. The van der Waals surface area contributed by atoms with E-state index in [1.165, 1.54) is 7.11 Å². The number of unbranched alkanes of at least 4 members (excludes halogenated alkanes) is 1. The minimum atomic E-state index is -0.735. The second kappa shape index (κ2) is 5.00. The highest BCUT2D eigenvalue weighted by atomic mass is 16.5. The quantitative estimate of drug-likeness (QED) is 0.487. The zero-order valence-corrected chi connectivity index (χ0v) is 8.85. The van der Waals surface area contributed by atoms with Crippen molar-refractivity contribution in [2.45, 2.75) is 40.0 Å². The molecule has 0 atom stereocenters. The van der Waals surface area contributed by atoms with E-state index in [0.717, 1.165) is 19.3 Å². The molecule has 0 saturated heterocycles. The molecule has 0 amide bonds. The van der Waals surface area contributed by atoms with E-state index in [1.54, 1.807) is 13.8 Å². The van der Waals surface area contributed by atoms with Crippen LogP contribution in [-0.2, 0) is 14.3 Å². The molecule has 0 aliphatic carbocycles. The first-order chi connectivity index (χ1) is 5.95. The number of carbonyl (C=O) groups excluding carboxylic acids is 2. The summed E-state index contributed by atoms with van der Waals surface area (Å²) in [6.07, 6.45) is 2.71. The molecule has 0 fully saturated rings. The maximum Gasteiger partial charge on any atom is 0.374 e. The molecular weight excluding hydrogens is 168 g/mol. The number of carbonyl (C=O) groups is 2. The molecule has 0 bridgehead atoms. The molecule has 76 valence electrons. The fourth-order valence-corrected chi connectivity index (χ4v) is 1.10. The second-order valence-corrected chi connectivity index (χ2v) is 3.81. The zero-order chi connectivity index (χ0) is 10.5. The van der Waals surface area contributed by atoms with Crippen LogP contribution in [0.15, 0.2) is 0 Å². The summed E-state index contributed by atoms with van der Waals surface area (Å²) in [5, 5.41) is 0. The Labute approximate surface area is 79.5 Å². The number of Topliss-reactive ketones (excluding diaryl/α,β-unsaturated/α-hetero) is 1. The van der Waals surface area contributed by atoms with Crippen molar-refractivity contribution in [3.8, 4) is 0 Å². The Kier molecular flexibility index (Phi) is 4.67. The van der Waals surface area contributed by atoms with Gasteiger partial charge in [-0.2, -0.15) is 0 Å². The van der Waals surface area contributed by atoms with E-state index in [0.29, 0.717) is 0 Å². The van der Waals surface area contributed by atoms with Gasteiger partial charge in [-0.1, -0.05) is 33.6 Å². The largest absolute Gasteiger partial charge is 0.463 e. The Balaban J connectivity index is 4.26. The third kappa shape index (κ3) is 3.57. The maximum absolute atomic E-state index is 11.4. The summed E-state index contributed by atoms with van der Waals surface area (Å²) in [7, 11) is 1.23. The molecule has 3 nitrogen and oxygen atoms in total. The number of hydrogen-bond donors (Lipinski definition) is 0. The van der Waals surface area contributed by atoms with Gasteiger partial charge in [0.25, 0.3) is 0 Å². The molecule has 0 unspecified atom stereocenters. The van der Waals surface area contributed by atoms with Crippen molar-refractivity contribution in [1.29, 1.82) is 0 Å². The number of ether oxygens (including phenoxy) is 1. The Morgan fingerprint density at radius 2 is 1.85 bits per heavy atom. The molecule has 13 heavy (non-hydrogen) atoms. The highest BCUT2D eigenvalue weighted by Gasteiger charge is 2.32. The van der Waals surface area contributed by atoms with Crippen molar-refractivity contribution >= 4 is 11.8 Å². The number of esters is 1. The summed E-state index contributed by atoms with van der Waals surface area (Å²) in [5.74, 6) is -1.16. The fraction of sp³-hybridized carbons (Fsp3) is 0.800. The lowest BCUT2D eigenvalue weighted by atomic mass is 9.83. The van der Waals surface area contributed by atoms with Gasteiger partial charge in [-0.05, 0) is 6.42 Å².